The number of aryl methyl sites for hydroxylation is 1. The summed E-state index contributed by atoms with van der Waals surface area (Å²) < 4.78 is 5.49. The highest BCUT2D eigenvalue weighted by atomic mass is 16.4. The summed E-state index contributed by atoms with van der Waals surface area (Å²) >= 11 is 0. The van der Waals surface area contributed by atoms with Crippen molar-refractivity contribution in [3.63, 3.8) is 0 Å². The Labute approximate surface area is 111 Å². The van der Waals surface area contributed by atoms with Gasteiger partial charge in [-0.2, -0.15) is 0 Å². The molecule has 4 heteroatoms. The number of carbonyl (C=O) groups is 1. The highest BCUT2D eigenvalue weighted by molar-refractivity contribution is 5.86. The van der Waals surface area contributed by atoms with Gasteiger partial charge in [-0.15, -0.1) is 0 Å². The molecule has 0 unspecified atom stereocenters. The summed E-state index contributed by atoms with van der Waals surface area (Å²) in [5.74, 6) is -0.362. The summed E-state index contributed by atoms with van der Waals surface area (Å²) in [4.78, 5) is 15.6. The van der Waals surface area contributed by atoms with E-state index < -0.39 is 5.97 Å². The third kappa shape index (κ3) is 2.03. The van der Waals surface area contributed by atoms with E-state index in [4.69, 9.17) is 4.42 Å². The molecule has 0 radical (unpaired) electrons. The maximum atomic E-state index is 11.2. The van der Waals surface area contributed by atoms with Crippen LogP contribution >= 0.6 is 0 Å². The highest BCUT2D eigenvalue weighted by Gasteiger charge is 2.33. The lowest BCUT2D eigenvalue weighted by Gasteiger charge is -2.04. The molecule has 2 aromatic rings. The summed E-state index contributed by atoms with van der Waals surface area (Å²) in [6.07, 6.45) is 2.00. The van der Waals surface area contributed by atoms with Gasteiger partial charge in [0, 0.05) is 11.5 Å². The van der Waals surface area contributed by atoms with Crippen LogP contribution in [0.15, 0.2) is 22.6 Å². The molecule has 0 atom stereocenters. The van der Waals surface area contributed by atoms with Crippen molar-refractivity contribution < 1.29 is 14.3 Å². The smallest absolute Gasteiger partial charge is 0.373 e. The van der Waals surface area contributed by atoms with E-state index in [9.17, 15) is 9.90 Å². The van der Waals surface area contributed by atoms with E-state index in [1.54, 1.807) is 0 Å². The van der Waals surface area contributed by atoms with Gasteiger partial charge in [0.1, 0.15) is 0 Å². The van der Waals surface area contributed by atoms with Gasteiger partial charge in [0.25, 0.3) is 0 Å². The lowest BCUT2D eigenvalue weighted by molar-refractivity contribution is 0.0661. The fraction of sp³-hybridized carbons (Fsp3) is 0.333. The molecule has 0 spiro atoms. The minimum atomic E-state index is -1.04. The van der Waals surface area contributed by atoms with E-state index in [1.165, 1.54) is 0 Å². The maximum absolute atomic E-state index is 11.2. The average molecular weight is 257 g/mol. The van der Waals surface area contributed by atoms with Crippen LogP contribution < -0.4 is 0 Å². The van der Waals surface area contributed by atoms with E-state index in [-0.39, 0.29) is 11.7 Å². The monoisotopic (exact) mass is 257 g/mol. The molecule has 1 heterocycles. The lowest BCUT2D eigenvalue weighted by Crippen LogP contribution is -1.98. The van der Waals surface area contributed by atoms with Crippen LogP contribution in [0.2, 0.25) is 0 Å². The summed E-state index contributed by atoms with van der Waals surface area (Å²) in [7, 11) is 0. The van der Waals surface area contributed by atoms with Crippen LogP contribution in [-0.4, -0.2) is 16.1 Å². The van der Waals surface area contributed by atoms with Crippen LogP contribution in [-0.2, 0) is 0 Å². The summed E-state index contributed by atoms with van der Waals surface area (Å²) in [5, 5.41) is 9.19. The van der Waals surface area contributed by atoms with Gasteiger partial charge in [-0.05, 0) is 43.9 Å². The van der Waals surface area contributed by atoms with Gasteiger partial charge in [0.05, 0.1) is 5.69 Å². The Morgan fingerprint density at radius 2 is 2.11 bits per heavy atom. The molecule has 1 aromatic carbocycles. The predicted octanol–water partition coefficient (Wildman–Crippen LogP) is 3.53. The minimum absolute atomic E-state index is 0.00148. The van der Waals surface area contributed by atoms with Crippen LogP contribution in [0.5, 0.6) is 0 Å². The summed E-state index contributed by atoms with van der Waals surface area (Å²) in [5.41, 5.74) is 3.68. The van der Waals surface area contributed by atoms with E-state index in [2.05, 4.69) is 4.98 Å². The number of aromatic carboxylic acids is 1. The first kappa shape index (κ1) is 12.0. The molecule has 1 aliphatic carbocycles. The Morgan fingerprint density at radius 3 is 2.74 bits per heavy atom. The number of oxazole rings is 1. The van der Waals surface area contributed by atoms with Crippen LogP contribution in [0.1, 0.15) is 46.1 Å². The molecule has 1 saturated carbocycles. The second-order valence-corrected chi connectivity index (χ2v) is 5.06. The van der Waals surface area contributed by atoms with Gasteiger partial charge < -0.3 is 9.52 Å². The van der Waals surface area contributed by atoms with Crippen LogP contribution in [0.25, 0.3) is 11.5 Å². The summed E-state index contributed by atoms with van der Waals surface area (Å²) in [6.45, 7) is 4.01. The predicted molar refractivity (Wildman–Crippen MR) is 70.3 cm³/mol. The average Bonchev–Trinajstić information content (AvgIpc) is 3.12. The number of hydrogen-bond donors (Lipinski definition) is 1. The zero-order chi connectivity index (χ0) is 13.6. The molecule has 3 rings (SSSR count). The Hall–Kier alpha value is -2.10. The van der Waals surface area contributed by atoms with E-state index >= 15 is 0 Å². The SMILES string of the molecule is Cc1cccc(-c2nc(C3CC3)c(C(=O)O)o2)c1C. The van der Waals surface area contributed by atoms with Crippen molar-refractivity contribution in [2.75, 3.05) is 0 Å². The van der Waals surface area contributed by atoms with Gasteiger partial charge in [-0.3, -0.25) is 0 Å². The number of nitrogens with zero attached hydrogens (tertiary/aromatic N) is 1. The van der Waals surface area contributed by atoms with E-state index in [0.717, 1.165) is 29.5 Å². The van der Waals surface area contributed by atoms with Gasteiger partial charge in [0.15, 0.2) is 0 Å². The molecular weight excluding hydrogens is 242 g/mol. The quantitative estimate of drug-likeness (QED) is 0.913. The van der Waals surface area contributed by atoms with Crippen LogP contribution in [0.3, 0.4) is 0 Å². The normalized spacial score (nSPS) is 14.6. The van der Waals surface area contributed by atoms with Crippen molar-refractivity contribution >= 4 is 5.97 Å². The van der Waals surface area contributed by atoms with Gasteiger partial charge >= 0.3 is 5.97 Å². The van der Waals surface area contributed by atoms with E-state index in [1.807, 2.05) is 32.0 Å². The number of carboxylic acid groups (broad SMARTS) is 1. The van der Waals surface area contributed by atoms with Crippen LogP contribution in [0, 0.1) is 13.8 Å². The Morgan fingerprint density at radius 1 is 1.37 bits per heavy atom. The molecule has 4 nitrogen and oxygen atoms in total. The molecule has 0 aliphatic heterocycles. The Balaban J connectivity index is 2.13. The fourth-order valence-corrected chi connectivity index (χ4v) is 2.22. The zero-order valence-corrected chi connectivity index (χ0v) is 10.9. The topological polar surface area (TPSA) is 63.3 Å². The summed E-state index contributed by atoms with van der Waals surface area (Å²) in [6, 6.07) is 5.86. The molecule has 0 bridgehead atoms. The van der Waals surface area contributed by atoms with Crippen molar-refractivity contribution in [1.29, 1.82) is 0 Å². The van der Waals surface area contributed by atoms with Gasteiger partial charge in [-0.1, -0.05) is 12.1 Å². The van der Waals surface area contributed by atoms with Crippen molar-refractivity contribution in [2.24, 2.45) is 0 Å². The first-order chi connectivity index (χ1) is 9.08. The number of benzene rings is 1. The molecule has 98 valence electrons. The van der Waals surface area contributed by atoms with E-state index in [0.29, 0.717) is 11.6 Å². The first-order valence-corrected chi connectivity index (χ1v) is 6.38. The van der Waals surface area contributed by atoms with Gasteiger partial charge in [0.2, 0.25) is 11.7 Å². The van der Waals surface area contributed by atoms with Gasteiger partial charge in [-0.25, -0.2) is 9.78 Å². The first-order valence-electron chi connectivity index (χ1n) is 6.38. The molecule has 1 aromatic heterocycles. The zero-order valence-electron chi connectivity index (χ0n) is 10.9. The number of aromatic nitrogens is 1. The highest BCUT2D eigenvalue weighted by Crippen LogP contribution is 2.42. The Bertz CT molecular complexity index is 653. The molecule has 0 saturated heterocycles. The van der Waals surface area contributed by atoms with Crippen molar-refractivity contribution in [1.82, 2.24) is 4.98 Å². The third-order valence-electron chi connectivity index (χ3n) is 3.65. The molecule has 1 aliphatic rings. The lowest BCUT2D eigenvalue weighted by atomic mass is 10.0. The number of carboxylic acids is 1. The largest absolute Gasteiger partial charge is 0.475 e. The van der Waals surface area contributed by atoms with Crippen molar-refractivity contribution in [3.05, 3.63) is 40.8 Å². The minimum Gasteiger partial charge on any atom is -0.475 e. The second-order valence-electron chi connectivity index (χ2n) is 5.06. The second kappa shape index (κ2) is 4.23. The maximum Gasteiger partial charge on any atom is 0.373 e. The number of hydrogen-bond acceptors (Lipinski definition) is 3. The molecule has 1 N–H and O–H groups in total. The van der Waals surface area contributed by atoms with Crippen molar-refractivity contribution in [2.45, 2.75) is 32.6 Å². The third-order valence-corrected chi connectivity index (χ3v) is 3.65. The molecule has 0 amide bonds. The standard InChI is InChI=1S/C15H15NO3/c1-8-4-3-5-11(9(8)2)14-16-12(10-6-7-10)13(19-14)15(17)18/h3-5,10H,6-7H2,1-2H3,(H,17,18). The number of rotatable bonds is 3. The molecule has 1 fully saturated rings. The molecular formula is C15H15NO3. The fourth-order valence-electron chi connectivity index (χ4n) is 2.22. The van der Waals surface area contributed by atoms with Crippen LogP contribution in [0.4, 0.5) is 0 Å². The van der Waals surface area contributed by atoms with Crippen molar-refractivity contribution in [3.8, 4) is 11.5 Å². The Kier molecular flexibility index (Phi) is 2.66. The molecule has 19 heavy (non-hydrogen) atoms.